The Bertz CT molecular complexity index is 486. The van der Waals surface area contributed by atoms with Gasteiger partial charge >= 0.3 is 0 Å². The second-order valence-electron chi connectivity index (χ2n) is 4.45. The van der Waals surface area contributed by atoms with Crippen molar-refractivity contribution in [1.29, 1.82) is 0 Å². The molecule has 0 aliphatic carbocycles. The van der Waals surface area contributed by atoms with Gasteiger partial charge in [-0.3, -0.25) is 0 Å². The normalized spacial score (nSPS) is 13.9. The molecule has 94 valence electrons. The molecule has 0 amide bonds. The molecular weight excluding hydrogens is 226 g/mol. The molecule has 2 rings (SSSR count). The zero-order valence-electron chi connectivity index (χ0n) is 10.3. The molecule has 3 heteroatoms. The lowest BCUT2D eigenvalue weighted by Gasteiger charge is -2.17. The van der Waals surface area contributed by atoms with Gasteiger partial charge in [-0.15, -0.1) is 0 Å². The molecule has 1 unspecified atom stereocenters. The number of hydrogen-bond acceptors (Lipinski definition) is 3. The van der Waals surface area contributed by atoms with Crippen LogP contribution >= 0.6 is 0 Å². The van der Waals surface area contributed by atoms with Crippen molar-refractivity contribution in [3.8, 4) is 5.75 Å². The highest BCUT2D eigenvalue weighted by Gasteiger charge is 2.15. The zero-order valence-corrected chi connectivity index (χ0v) is 10.3. The van der Waals surface area contributed by atoms with Gasteiger partial charge < -0.3 is 15.6 Å². The van der Waals surface area contributed by atoms with E-state index < -0.39 is 5.72 Å². The van der Waals surface area contributed by atoms with Crippen LogP contribution in [0.4, 0.5) is 0 Å². The lowest BCUT2D eigenvalue weighted by molar-refractivity contribution is 0.0646. The molecule has 3 N–H and O–H groups in total. The van der Waals surface area contributed by atoms with Crippen molar-refractivity contribution in [2.75, 3.05) is 0 Å². The molecule has 18 heavy (non-hydrogen) atoms. The molecular formula is C15H17NO2. The monoisotopic (exact) mass is 243 g/mol. The predicted molar refractivity (Wildman–Crippen MR) is 71.0 cm³/mol. The van der Waals surface area contributed by atoms with Crippen LogP contribution < -0.4 is 10.5 Å². The highest BCUT2D eigenvalue weighted by Crippen LogP contribution is 2.19. The van der Waals surface area contributed by atoms with Crippen LogP contribution in [0.3, 0.4) is 0 Å². The van der Waals surface area contributed by atoms with E-state index in [-0.39, 0.29) is 0 Å². The Kier molecular flexibility index (Phi) is 3.65. The summed E-state index contributed by atoms with van der Waals surface area (Å²) in [6.07, 6.45) is 0. The van der Waals surface area contributed by atoms with Gasteiger partial charge in [0.05, 0.1) is 0 Å². The lowest BCUT2D eigenvalue weighted by atomic mass is 10.1. The number of nitrogens with two attached hydrogens (primary N) is 1. The van der Waals surface area contributed by atoms with Gasteiger partial charge in [-0.2, -0.15) is 0 Å². The fraction of sp³-hybridized carbons (Fsp3) is 0.200. The van der Waals surface area contributed by atoms with Gasteiger partial charge in [0, 0.05) is 0 Å². The summed E-state index contributed by atoms with van der Waals surface area (Å²) < 4.78 is 5.64. The fourth-order valence-electron chi connectivity index (χ4n) is 1.63. The number of hydrogen-bond donors (Lipinski definition) is 2. The van der Waals surface area contributed by atoms with E-state index in [1.807, 2.05) is 30.3 Å². The van der Waals surface area contributed by atoms with E-state index in [4.69, 9.17) is 10.5 Å². The molecule has 0 saturated heterocycles. The minimum Gasteiger partial charge on any atom is -0.489 e. The first-order valence-corrected chi connectivity index (χ1v) is 5.84. The number of benzene rings is 2. The second kappa shape index (κ2) is 5.21. The second-order valence-corrected chi connectivity index (χ2v) is 4.45. The largest absolute Gasteiger partial charge is 0.489 e. The minimum atomic E-state index is -1.31. The first-order chi connectivity index (χ1) is 8.55. The van der Waals surface area contributed by atoms with E-state index in [1.54, 1.807) is 31.2 Å². The minimum absolute atomic E-state index is 0.527. The smallest absolute Gasteiger partial charge is 0.136 e. The molecule has 0 aliphatic heterocycles. The summed E-state index contributed by atoms with van der Waals surface area (Å²) in [5, 5.41) is 9.62. The zero-order chi connectivity index (χ0) is 13.0. The summed E-state index contributed by atoms with van der Waals surface area (Å²) in [6.45, 7) is 2.08. The molecule has 0 aliphatic rings. The van der Waals surface area contributed by atoms with Gasteiger partial charge in [0.25, 0.3) is 0 Å². The van der Waals surface area contributed by atoms with Gasteiger partial charge in [0.1, 0.15) is 18.1 Å². The predicted octanol–water partition coefficient (Wildman–Crippen LogP) is 2.39. The summed E-state index contributed by atoms with van der Waals surface area (Å²) in [5.41, 5.74) is 6.06. The van der Waals surface area contributed by atoms with Crippen LogP contribution in [0.5, 0.6) is 5.75 Å². The number of ether oxygens (including phenoxy) is 1. The third kappa shape index (κ3) is 3.32. The van der Waals surface area contributed by atoms with Crippen molar-refractivity contribution in [3.63, 3.8) is 0 Å². The Labute approximate surface area is 107 Å². The SMILES string of the molecule is CC(N)(O)c1ccc(OCc2ccccc2)cc1. The molecule has 2 aromatic rings. The van der Waals surface area contributed by atoms with Crippen LogP contribution in [0.2, 0.25) is 0 Å². The van der Waals surface area contributed by atoms with Crippen molar-refractivity contribution in [1.82, 2.24) is 0 Å². The van der Waals surface area contributed by atoms with Crippen molar-refractivity contribution in [3.05, 3.63) is 65.7 Å². The van der Waals surface area contributed by atoms with Gasteiger partial charge in [-0.1, -0.05) is 42.5 Å². The van der Waals surface area contributed by atoms with Crippen LogP contribution in [0, 0.1) is 0 Å². The van der Waals surface area contributed by atoms with E-state index in [0.29, 0.717) is 12.2 Å². The van der Waals surface area contributed by atoms with Crippen LogP contribution in [0.1, 0.15) is 18.1 Å². The molecule has 0 bridgehead atoms. The van der Waals surface area contributed by atoms with E-state index in [2.05, 4.69) is 0 Å². The Morgan fingerprint density at radius 2 is 1.67 bits per heavy atom. The molecule has 2 aromatic carbocycles. The summed E-state index contributed by atoms with van der Waals surface area (Å²) >= 11 is 0. The summed E-state index contributed by atoms with van der Waals surface area (Å²) in [5.74, 6) is 0.756. The van der Waals surface area contributed by atoms with E-state index in [1.165, 1.54) is 0 Å². The Morgan fingerprint density at radius 1 is 1.06 bits per heavy atom. The van der Waals surface area contributed by atoms with Gasteiger partial charge in [0.15, 0.2) is 0 Å². The van der Waals surface area contributed by atoms with Crippen LogP contribution in [0.15, 0.2) is 54.6 Å². The first-order valence-electron chi connectivity index (χ1n) is 5.84. The third-order valence-electron chi connectivity index (χ3n) is 2.69. The Morgan fingerprint density at radius 3 is 2.22 bits per heavy atom. The van der Waals surface area contributed by atoms with E-state index in [9.17, 15) is 5.11 Å². The highest BCUT2D eigenvalue weighted by atomic mass is 16.5. The lowest BCUT2D eigenvalue weighted by Crippen LogP contribution is -2.31. The topological polar surface area (TPSA) is 55.5 Å². The summed E-state index contributed by atoms with van der Waals surface area (Å²) in [6, 6.07) is 17.1. The molecule has 0 fully saturated rings. The molecule has 1 atom stereocenters. The first kappa shape index (κ1) is 12.6. The Balaban J connectivity index is 1.99. The van der Waals surface area contributed by atoms with Gasteiger partial charge in [-0.05, 0) is 30.2 Å². The third-order valence-corrected chi connectivity index (χ3v) is 2.69. The van der Waals surface area contributed by atoms with Crippen LogP contribution in [0.25, 0.3) is 0 Å². The number of aliphatic hydroxyl groups is 1. The molecule has 0 spiro atoms. The summed E-state index contributed by atoms with van der Waals surface area (Å²) in [7, 11) is 0. The quantitative estimate of drug-likeness (QED) is 0.811. The highest BCUT2D eigenvalue weighted by molar-refractivity contribution is 5.30. The van der Waals surface area contributed by atoms with Crippen LogP contribution in [-0.4, -0.2) is 5.11 Å². The standard InChI is InChI=1S/C15H17NO2/c1-15(16,17)13-7-9-14(10-8-13)18-11-12-5-3-2-4-6-12/h2-10,17H,11,16H2,1H3. The molecule has 0 heterocycles. The number of rotatable bonds is 4. The van der Waals surface area contributed by atoms with Crippen molar-refractivity contribution >= 4 is 0 Å². The van der Waals surface area contributed by atoms with Crippen LogP contribution in [-0.2, 0) is 12.3 Å². The van der Waals surface area contributed by atoms with Gasteiger partial charge in [-0.25, -0.2) is 0 Å². The maximum Gasteiger partial charge on any atom is 0.136 e. The summed E-state index contributed by atoms with van der Waals surface area (Å²) in [4.78, 5) is 0. The molecule has 3 nitrogen and oxygen atoms in total. The molecule has 0 aromatic heterocycles. The van der Waals surface area contributed by atoms with E-state index >= 15 is 0 Å². The molecule has 0 saturated carbocycles. The van der Waals surface area contributed by atoms with Crippen molar-refractivity contribution in [2.24, 2.45) is 5.73 Å². The average Bonchev–Trinajstić information content (AvgIpc) is 2.37. The molecule has 0 radical (unpaired) electrons. The van der Waals surface area contributed by atoms with E-state index in [0.717, 1.165) is 11.3 Å². The van der Waals surface area contributed by atoms with Crippen molar-refractivity contribution in [2.45, 2.75) is 19.3 Å². The fourth-order valence-corrected chi connectivity index (χ4v) is 1.63. The average molecular weight is 243 g/mol. The van der Waals surface area contributed by atoms with Crippen molar-refractivity contribution < 1.29 is 9.84 Å². The Hall–Kier alpha value is -1.84. The maximum absolute atomic E-state index is 9.62. The van der Waals surface area contributed by atoms with Gasteiger partial charge in [0.2, 0.25) is 0 Å². The maximum atomic E-state index is 9.62.